The Hall–Kier alpha value is -6.73. The van der Waals surface area contributed by atoms with Gasteiger partial charge < -0.3 is 19.3 Å². The highest BCUT2D eigenvalue weighted by Crippen LogP contribution is 2.66. The van der Waals surface area contributed by atoms with Crippen molar-refractivity contribution in [2.24, 2.45) is 23.7 Å². The summed E-state index contributed by atoms with van der Waals surface area (Å²) in [6, 6.07) is 43.1. The van der Waals surface area contributed by atoms with Crippen LogP contribution in [0.3, 0.4) is 0 Å². The van der Waals surface area contributed by atoms with E-state index in [0.717, 1.165) is 45.9 Å². The molecule has 6 nitrogen and oxygen atoms in total. The molecule has 0 saturated heterocycles. The van der Waals surface area contributed by atoms with E-state index in [0.29, 0.717) is 18.5 Å². The first-order chi connectivity index (χ1) is 35.0. The molecule has 4 fully saturated rings. The summed E-state index contributed by atoms with van der Waals surface area (Å²) >= 11 is 0. The Kier molecular flexibility index (Phi) is 10.5. The summed E-state index contributed by atoms with van der Waals surface area (Å²) in [6.07, 6.45) is 22.5. The highest BCUT2D eigenvalue weighted by Gasteiger charge is 2.61. The first kappa shape index (κ1) is 46.1. The Morgan fingerprint density at radius 2 is 1.26 bits per heavy atom. The smallest absolute Gasteiger partial charge is 0.316 e. The quantitative estimate of drug-likeness (QED) is 0.149. The first-order valence-electron chi connectivity index (χ1n) is 27.2. The predicted octanol–water partition coefficient (Wildman–Crippen LogP) is 16.7. The maximum atomic E-state index is 7.16. The van der Waals surface area contributed by atoms with E-state index < -0.39 is 0 Å². The van der Waals surface area contributed by atoms with E-state index in [-0.39, 0.29) is 28.5 Å². The molecule has 73 heavy (non-hydrogen) atoms. The number of allylic oxidation sites excluding steroid dienone is 5. The normalized spacial score (nSPS) is 23.2. The topological polar surface area (TPSA) is 36.8 Å². The van der Waals surface area contributed by atoms with Crippen molar-refractivity contribution in [2.45, 2.75) is 116 Å². The number of para-hydroxylation sites is 4. The van der Waals surface area contributed by atoms with E-state index in [1.54, 1.807) is 5.47 Å². The maximum Gasteiger partial charge on any atom is 0.316 e. The molecule has 7 aromatic rings. The Morgan fingerprint density at radius 1 is 0.589 bits per heavy atom. The summed E-state index contributed by atoms with van der Waals surface area (Å²) in [7, 11) is 0. The lowest BCUT2D eigenvalue weighted by molar-refractivity contribution is -0.0411. The van der Waals surface area contributed by atoms with Crippen molar-refractivity contribution < 1.29 is 4.74 Å². The molecule has 368 valence electrons. The molecule has 3 aliphatic heterocycles. The van der Waals surface area contributed by atoms with Crippen molar-refractivity contribution in [3.05, 3.63) is 192 Å². The number of ether oxygens (including phenoxy) is 1. The van der Waals surface area contributed by atoms with Gasteiger partial charge in [0.15, 0.2) is 0 Å². The standard InChI is InChI=1S/C66H70BN5O/c1-63(2,3)46-37-49(70-42-71(58-23-13-12-22-57(58)70)62-54(64(4,5)6)19-16-20-55(62)65(7,8)9)40-51(38-46)73-50-25-26-53-52-18-10-11-21-56(52)72(59(53)41-50)61-39-45(27-29-68-61)66(47-33-43-32-44(35-47)36-48(66)34-43)60-24-17-31-69-30-15-14-28-67(60)69/h10-31,37-41,43-44,47-48H,32-36,42H2,1-9H3. The van der Waals surface area contributed by atoms with Gasteiger partial charge >= 0.3 is 6.85 Å². The molecule has 0 N–H and O–H groups in total. The summed E-state index contributed by atoms with van der Waals surface area (Å²) < 4.78 is 9.57. The van der Waals surface area contributed by atoms with Gasteiger partial charge in [-0.25, -0.2) is 4.98 Å². The fraction of sp³-hybridized carbons (Fsp3) is 0.348. The second-order valence-corrected chi connectivity index (χ2v) is 25.4. The summed E-state index contributed by atoms with van der Waals surface area (Å²) in [5.74, 6) is 7.94. The molecular formula is C66H70BN5O. The third kappa shape index (κ3) is 7.45. The monoisotopic (exact) mass is 960 g/mol. The molecule has 0 radical (unpaired) electrons. The molecule has 4 saturated carbocycles. The average molecular weight is 960 g/mol. The van der Waals surface area contributed by atoms with E-state index in [1.807, 2.05) is 0 Å². The molecular weight excluding hydrogens is 890 g/mol. The van der Waals surface area contributed by atoms with Gasteiger partial charge in [-0.1, -0.05) is 134 Å². The number of hydrogen-bond acceptors (Lipinski definition) is 5. The van der Waals surface area contributed by atoms with Gasteiger partial charge in [0.1, 0.15) is 24.0 Å². The van der Waals surface area contributed by atoms with Gasteiger partial charge in [0.25, 0.3) is 0 Å². The number of rotatable bonds is 7. The van der Waals surface area contributed by atoms with Crippen LogP contribution in [0.25, 0.3) is 27.6 Å². The second kappa shape index (κ2) is 16.6. The van der Waals surface area contributed by atoms with Crippen molar-refractivity contribution in [3.8, 4) is 17.3 Å². The Labute approximate surface area is 433 Å². The summed E-state index contributed by atoms with van der Waals surface area (Å²) in [5, 5.41) is 2.41. The molecule has 14 rings (SSSR count). The van der Waals surface area contributed by atoms with Crippen LogP contribution < -0.4 is 14.5 Å². The molecule has 0 spiro atoms. The molecule has 7 aliphatic rings. The molecule has 0 atom stereocenters. The third-order valence-electron chi connectivity index (χ3n) is 17.8. The molecule has 4 aliphatic carbocycles. The number of aromatic nitrogens is 2. The van der Waals surface area contributed by atoms with Crippen LogP contribution in [0, 0.1) is 23.7 Å². The van der Waals surface area contributed by atoms with Crippen LogP contribution in [0.2, 0.25) is 0 Å². The largest absolute Gasteiger partial charge is 0.457 e. The number of fused-ring (bicyclic) bond motifs is 5. The van der Waals surface area contributed by atoms with Crippen LogP contribution in [-0.4, -0.2) is 27.9 Å². The minimum absolute atomic E-state index is 0.0494. The number of benzene rings is 5. The predicted molar refractivity (Wildman–Crippen MR) is 305 cm³/mol. The van der Waals surface area contributed by atoms with Crippen LogP contribution in [0.15, 0.2) is 170 Å². The number of nitrogens with zero attached hydrogens (tertiary/aromatic N) is 5. The molecule has 0 amide bonds. The minimum atomic E-state index is -0.126. The van der Waals surface area contributed by atoms with E-state index >= 15 is 0 Å². The van der Waals surface area contributed by atoms with Gasteiger partial charge in [0.05, 0.1) is 28.1 Å². The van der Waals surface area contributed by atoms with E-state index in [9.17, 15) is 0 Å². The van der Waals surface area contributed by atoms with Crippen molar-refractivity contribution in [3.63, 3.8) is 0 Å². The average Bonchev–Trinajstić information content (AvgIpc) is 3.91. The highest BCUT2D eigenvalue weighted by molar-refractivity contribution is 6.70. The van der Waals surface area contributed by atoms with Crippen molar-refractivity contribution >= 4 is 51.4 Å². The molecule has 4 bridgehead atoms. The van der Waals surface area contributed by atoms with Crippen LogP contribution in [0.1, 0.15) is 117 Å². The number of pyridine rings is 1. The molecule has 5 aromatic carbocycles. The van der Waals surface area contributed by atoms with Crippen molar-refractivity contribution in [1.29, 1.82) is 0 Å². The first-order valence-corrected chi connectivity index (χ1v) is 27.2. The second-order valence-electron chi connectivity index (χ2n) is 25.4. The zero-order valence-electron chi connectivity index (χ0n) is 44.4. The minimum Gasteiger partial charge on any atom is -0.457 e. The van der Waals surface area contributed by atoms with E-state index in [4.69, 9.17) is 9.72 Å². The zero-order chi connectivity index (χ0) is 50.2. The van der Waals surface area contributed by atoms with Gasteiger partial charge in [-0.3, -0.25) is 4.57 Å². The Balaban J connectivity index is 0.912. The third-order valence-corrected chi connectivity index (χ3v) is 17.8. The summed E-state index contributed by atoms with van der Waals surface area (Å²) in [4.78, 5) is 12.8. The van der Waals surface area contributed by atoms with Crippen LogP contribution in [0.5, 0.6) is 11.5 Å². The van der Waals surface area contributed by atoms with Crippen LogP contribution in [0.4, 0.5) is 22.7 Å². The van der Waals surface area contributed by atoms with Gasteiger partial charge in [-0.2, -0.15) is 0 Å². The molecule has 5 heterocycles. The summed E-state index contributed by atoms with van der Waals surface area (Å²) in [5.41, 5.74) is 13.7. The van der Waals surface area contributed by atoms with Crippen molar-refractivity contribution in [2.75, 3.05) is 16.5 Å². The molecule has 2 aromatic heterocycles. The molecule has 0 unspecified atom stereocenters. The number of anilines is 4. The lowest BCUT2D eigenvalue weighted by Crippen LogP contribution is -2.60. The Morgan fingerprint density at radius 3 is 1.97 bits per heavy atom. The fourth-order valence-electron chi connectivity index (χ4n) is 14.8. The summed E-state index contributed by atoms with van der Waals surface area (Å²) in [6.45, 7) is 21.8. The van der Waals surface area contributed by atoms with Gasteiger partial charge in [0.2, 0.25) is 0 Å². The van der Waals surface area contributed by atoms with Crippen LogP contribution in [-0.2, 0) is 21.7 Å². The highest BCUT2D eigenvalue weighted by atomic mass is 16.5. The van der Waals surface area contributed by atoms with E-state index in [1.165, 1.54) is 82.2 Å². The van der Waals surface area contributed by atoms with E-state index in [2.05, 4.69) is 246 Å². The maximum absolute atomic E-state index is 7.16. The fourth-order valence-corrected chi connectivity index (χ4v) is 14.8. The van der Waals surface area contributed by atoms with Gasteiger partial charge in [-0.15, -0.1) is 0 Å². The number of hydrogen-bond donors (Lipinski definition) is 0. The Bertz CT molecular complexity index is 3420. The lowest BCUT2D eigenvalue weighted by atomic mass is 9.33. The van der Waals surface area contributed by atoms with Gasteiger partial charge in [-0.05, 0) is 173 Å². The SMILES string of the molecule is CC(C)(C)c1cc(Oc2ccc3c4ccccc4n(-c4cc(C5(C6=CC=CN7C=CC=CB67)C6CC7CC(C6)CC5C7)ccn4)c3c2)cc(N2CN(c3c(C(C)(C)C)cccc3C(C)(C)C)c3ccccc32)c1. The van der Waals surface area contributed by atoms with Gasteiger partial charge in [0, 0.05) is 40.2 Å². The lowest BCUT2D eigenvalue weighted by Gasteiger charge is -2.63. The van der Waals surface area contributed by atoms with Crippen LogP contribution >= 0.6 is 0 Å². The van der Waals surface area contributed by atoms with Crippen molar-refractivity contribution in [1.82, 2.24) is 14.4 Å². The molecule has 7 heteroatoms. The zero-order valence-corrected chi connectivity index (χ0v) is 44.4.